The van der Waals surface area contributed by atoms with Crippen LogP contribution in [0.15, 0.2) is 49.1 Å². The smallest absolute Gasteiger partial charge is 0.151 e. The number of aromatic nitrogens is 3. The van der Waals surface area contributed by atoms with Gasteiger partial charge in [-0.3, -0.25) is 9.78 Å². The molecule has 0 saturated heterocycles. The van der Waals surface area contributed by atoms with Crippen molar-refractivity contribution in [1.29, 1.82) is 0 Å². The second kappa shape index (κ2) is 3.83. The third-order valence-corrected chi connectivity index (χ3v) is 2.59. The molecule has 3 rings (SSSR count). The maximum Gasteiger partial charge on any atom is 0.151 e. The van der Waals surface area contributed by atoms with E-state index in [2.05, 4.69) is 9.97 Å². The van der Waals surface area contributed by atoms with Gasteiger partial charge < -0.3 is 4.40 Å². The van der Waals surface area contributed by atoms with Gasteiger partial charge in [-0.25, -0.2) is 4.98 Å². The SMILES string of the molecule is O=Cc1ccc2nc(-c3ccncc3)cn2c1. The third-order valence-electron chi connectivity index (χ3n) is 2.59. The lowest BCUT2D eigenvalue weighted by molar-refractivity contribution is 0.112. The molecule has 0 saturated carbocycles. The quantitative estimate of drug-likeness (QED) is 0.626. The molecule has 0 N–H and O–H groups in total. The summed E-state index contributed by atoms with van der Waals surface area (Å²) in [6.07, 6.45) is 7.95. The second-order valence-corrected chi connectivity index (χ2v) is 3.71. The Morgan fingerprint density at radius 3 is 2.65 bits per heavy atom. The monoisotopic (exact) mass is 223 g/mol. The first-order chi connectivity index (χ1) is 8.36. The Labute approximate surface area is 97.6 Å². The molecular formula is C13H9N3O. The van der Waals surface area contributed by atoms with E-state index in [1.165, 1.54) is 0 Å². The zero-order valence-electron chi connectivity index (χ0n) is 8.95. The number of aldehydes is 1. The average Bonchev–Trinajstić information content (AvgIpc) is 2.82. The molecule has 0 amide bonds. The van der Waals surface area contributed by atoms with Gasteiger partial charge in [0.2, 0.25) is 0 Å². The van der Waals surface area contributed by atoms with Gasteiger partial charge >= 0.3 is 0 Å². The summed E-state index contributed by atoms with van der Waals surface area (Å²) in [6.45, 7) is 0. The molecule has 0 aliphatic heterocycles. The summed E-state index contributed by atoms with van der Waals surface area (Å²) in [4.78, 5) is 19.1. The van der Waals surface area contributed by atoms with E-state index in [1.807, 2.05) is 28.8 Å². The van der Waals surface area contributed by atoms with Crippen LogP contribution in [0.3, 0.4) is 0 Å². The molecule has 0 fully saturated rings. The van der Waals surface area contributed by atoms with E-state index in [9.17, 15) is 4.79 Å². The van der Waals surface area contributed by atoms with Crippen LogP contribution in [0, 0.1) is 0 Å². The van der Waals surface area contributed by atoms with Crippen LogP contribution in [0.2, 0.25) is 0 Å². The van der Waals surface area contributed by atoms with Gasteiger partial charge in [-0.2, -0.15) is 0 Å². The van der Waals surface area contributed by atoms with Gasteiger partial charge in [0.25, 0.3) is 0 Å². The normalized spacial score (nSPS) is 10.6. The number of hydrogen-bond acceptors (Lipinski definition) is 3. The fraction of sp³-hybridized carbons (Fsp3) is 0. The largest absolute Gasteiger partial charge is 0.306 e. The minimum atomic E-state index is 0.635. The summed E-state index contributed by atoms with van der Waals surface area (Å²) in [6, 6.07) is 7.39. The lowest BCUT2D eigenvalue weighted by Crippen LogP contribution is -1.86. The molecule has 0 spiro atoms. The molecule has 17 heavy (non-hydrogen) atoms. The van der Waals surface area contributed by atoms with Crippen LogP contribution in [0.5, 0.6) is 0 Å². The van der Waals surface area contributed by atoms with Crippen LogP contribution in [-0.2, 0) is 0 Å². The lowest BCUT2D eigenvalue weighted by Gasteiger charge is -1.92. The summed E-state index contributed by atoms with van der Waals surface area (Å²) in [5, 5.41) is 0. The molecule has 0 unspecified atom stereocenters. The zero-order valence-corrected chi connectivity index (χ0v) is 8.95. The van der Waals surface area contributed by atoms with Crippen LogP contribution in [-0.4, -0.2) is 20.7 Å². The fourth-order valence-corrected chi connectivity index (χ4v) is 1.74. The predicted octanol–water partition coefficient (Wildman–Crippen LogP) is 2.21. The Hall–Kier alpha value is -2.49. The Morgan fingerprint density at radius 2 is 1.88 bits per heavy atom. The van der Waals surface area contributed by atoms with Crippen molar-refractivity contribution in [1.82, 2.24) is 14.4 Å². The Bertz CT molecular complexity index is 673. The number of pyridine rings is 2. The van der Waals surface area contributed by atoms with E-state index in [0.717, 1.165) is 23.2 Å². The topological polar surface area (TPSA) is 47.3 Å². The fourth-order valence-electron chi connectivity index (χ4n) is 1.74. The van der Waals surface area contributed by atoms with Crippen LogP contribution in [0.25, 0.3) is 16.9 Å². The highest BCUT2D eigenvalue weighted by molar-refractivity contribution is 5.75. The van der Waals surface area contributed by atoms with Gasteiger partial charge in [0.15, 0.2) is 6.29 Å². The summed E-state index contributed by atoms with van der Waals surface area (Å²) in [5.41, 5.74) is 3.34. The van der Waals surface area contributed by atoms with Crippen LogP contribution >= 0.6 is 0 Å². The number of carbonyl (C=O) groups excluding carboxylic acids is 1. The van der Waals surface area contributed by atoms with Crippen molar-refractivity contribution in [3.05, 3.63) is 54.6 Å². The number of fused-ring (bicyclic) bond motifs is 1. The van der Waals surface area contributed by atoms with Crippen molar-refractivity contribution in [2.45, 2.75) is 0 Å². The van der Waals surface area contributed by atoms with E-state index in [4.69, 9.17) is 0 Å². The average molecular weight is 223 g/mol. The molecule has 0 bridgehead atoms. The molecule has 0 aliphatic carbocycles. The van der Waals surface area contributed by atoms with E-state index < -0.39 is 0 Å². The second-order valence-electron chi connectivity index (χ2n) is 3.71. The minimum Gasteiger partial charge on any atom is -0.306 e. The first-order valence-electron chi connectivity index (χ1n) is 5.21. The summed E-state index contributed by atoms with van der Waals surface area (Å²) in [5.74, 6) is 0. The molecule has 0 aromatic carbocycles. The van der Waals surface area contributed by atoms with E-state index >= 15 is 0 Å². The maximum absolute atomic E-state index is 10.7. The standard InChI is InChI=1S/C13H9N3O/c17-9-10-1-2-13-15-12(8-16(13)7-10)11-3-5-14-6-4-11/h1-9H. The van der Waals surface area contributed by atoms with Crippen molar-refractivity contribution in [3.8, 4) is 11.3 Å². The molecule has 3 heterocycles. The molecule has 3 aromatic rings. The van der Waals surface area contributed by atoms with Crippen LogP contribution < -0.4 is 0 Å². The van der Waals surface area contributed by atoms with Gasteiger partial charge in [-0.1, -0.05) is 0 Å². The zero-order chi connectivity index (χ0) is 11.7. The molecule has 0 radical (unpaired) electrons. The van der Waals surface area contributed by atoms with Crippen molar-refractivity contribution >= 4 is 11.9 Å². The lowest BCUT2D eigenvalue weighted by atomic mass is 10.2. The number of carbonyl (C=O) groups is 1. The summed E-state index contributed by atoms with van der Waals surface area (Å²) < 4.78 is 1.85. The highest BCUT2D eigenvalue weighted by Gasteiger charge is 2.04. The van der Waals surface area contributed by atoms with Gasteiger partial charge in [0.05, 0.1) is 5.69 Å². The number of hydrogen-bond donors (Lipinski definition) is 0. The molecular weight excluding hydrogens is 214 g/mol. The highest BCUT2D eigenvalue weighted by atomic mass is 16.1. The number of nitrogens with zero attached hydrogens (tertiary/aromatic N) is 3. The van der Waals surface area contributed by atoms with Crippen molar-refractivity contribution in [3.63, 3.8) is 0 Å². The van der Waals surface area contributed by atoms with Gasteiger partial charge in [0.1, 0.15) is 5.65 Å². The number of rotatable bonds is 2. The van der Waals surface area contributed by atoms with Crippen molar-refractivity contribution in [2.24, 2.45) is 0 Å². The van der Waals surface area contributed by atoms with E-state index in [1.54, 1.807) is 24.7 Å². The predicted molar refractivity (Wildman–Crippen MR) is 63.8 cm³/mol. The summed E-state index contributed by atoms with van der Waals surface area (Å²) in [7, 11) is 0. The van der Waals surface area contributed by atoms with Gasteiger partial charge in [-0.15, -0.1) is 0 Å². The van der Waals surface area contributed by atoms with Crippen LogP contribution in [0.1, 0.15) is 10.4 Å². The molecule has 82 valence electrons. The van der Waals surface area contributed by atoms with Crippen molar-refractivity contribution < 1.29 is 4.79 Å². The van der Waals surface area contributed by atoms with Gasteiger partial charge in [-0.05, 0) is 24.3 Å². The molecule has 0 atom stereocenters. The Morgan fingerprint density at radius 1 is 1.06 bits per heavy atom. The molecule has 0 aliphatic rings. The maximum atomic E-state index is 10.7. The summed E-state index contributed by atoms with van der Waals surface area (Å²) >= 11 is 0. The molecule has 4 heteroatoms. The van der Waals surface area contributed by atoms with Crippen LogP contribution in [0.4, 0.5) is 0 Å². The van der Waals surface area contributed by atoms with Gasteiger partial charge in [0, 0.05) is 35.9 Å². The molecule has 3 aromatic heterocycles. The first kappa shape index (κ1) is 9.72. The minimum absolute atomic E-state index is 0.635. The highest BCUT2D eigenvalue weighted by Crippen LogP contribution is 2.18. The molecule has 4 nitrogen and oxygen atoms in total. The van der Waals surface area contributed by atoms with E-state index in [-0.39, 0.29) is 0 Å². The Balaban J connectivity index is 2.17. The third kappa shape index (κ3) is 1.69. The Kier molecular flexibility index (Phi) is 2.19. The first-order valence-corrected chi connectivity index (χ1v) is 5.21. The van der Waals surface area contributed by atoms with Crippen molar-refractivity contribution in [2.75, 3.05) is 0 Å². The number of imidazole rings is 1. The van der Waals surface area contributed by atoms with E-state index in [0.29, 0.717) is 5.56 Å².